The van der Waals surface area contributed by atoms with Gasteiger partial charge in [-0.2, -0.15) is 0 Å². The maximum atomic E-state index is 12.9. The van der Waals surface area contributed by atoms with E-state index in [1.807, 2.05) is 53.4 Å². The number of amides is 2. The topological polar surface area (TPSA) is 67.9 Å². The van der Waals surface area contributed by atoms with Gasteiger partial charge in [-0.25, -0.2) is 0 Å². The van der Waals surface area contributed by atoms with Gasteiger partial charge >= 0.3 is 0 Å². The Morgan fingerprint density at radius 1 is 1.06 bits per heavy atom. The Morgan fingerprint density at radius 3 is 2.59 bits per heavy atom. The van der Waals surface area contributed by atoms with Gasteiger partial charge in [-0.1, -0.05) is 50.2 Å². The summed E-state index contributed by atoms with van der Waals surface area (Å²) < 4.78 is 11.3. The van der Waals surface area contributed by atoms with E-state index in [0.29, 0.717) is 32.7 Å². The van der Waals surface area contributed by atoms with Crippen LogP contribution in [0.4, 0.5) is 0 Å². The fourth-order valence-electron chi connectivity index (χ4n) is 4.32. The van der Waals surface area contributed by atoms with Gasteiger partial charge in [-0.05, 0) is 36.1 Å². The molecule has 32 heavy (non-hydrogen) atoms. The molecule has 0 saturated carbocycles. The molecule has 2 heterocycles. The van der Waals surface area contributed by atoms with Gasteiger partial charge in [0.2, 0.25) is 11.8 Å². The van der Waals surface area contributed by atoms with Gasteiger partial charge in [-0.3, -0.25) is 9.59 Å². The molecule has 4 rings (SSSR count). The van der Waals surface area contributed by atoms with Gasteiger partial charge in [-0.15, -0.1) is 0 Å². The molecule has 2 aromatic carbocycles. The van der Waals surface area contributed by atoms with Crippen LogP contribution in [0, 0.1) is 5.92 Å². The minimum absolute atomic E-state index is 0.0211. The fourth-order valence-corrected chi connectivity index (χ4v) is 4.32. The van der Waals surface area contributed by atoms with Crippen LogP contribution in [0.2, 0.25) is 0 Å². The number of carbonyl (C=O) groups excluding carboxylic acids is 2. The lowest BCUT2D eigenvalue weighted by Gasteiger charge is -2.33. The Bertz CT molecular complexity index is 958. The molecule has 2 aliphatic rings. The number of ether oxygens (including phenoxy) is 2. The monoisotopic (exact) mass is 436 g/mol. The van der Waals surface area contributed by atoms with Crippen molar-refractivity contribution in [3.8, 4) is 11.5 Å². The molecule has 2 aliphatic heterocycles. The van der Waals surface area contributed by atoms with Crippen molar-refractivity contribution in [2.75, 3.05) is 32.8 Å². The molecule has 1 saturated heterocycles. The predicted octanol–water partition coefficient (Wildman–Crippen LogP) is 3.33. The maximum absolute atomic E-state index is 12.9. The van der Waals surface area contributed by atoms with Gasteiger partial charge in [0, 0.05) is 25.0 Å². The molecule has 170 valence electrons. The number of likely N-dealkylation sites (tertiary alicyclic amines) is 1. The molecule has 1 unspecified atom stereocenters. The quantitative estimate of drug-likeness (QED) is 0.754. The smallest absolute Gasteiger partial charge is 0.227 e. The Kier molecular flexibility index (Phi) is 6.68. The van der Waals surface area contributed by atoms with Crippen LogP contribution in [-0.2, 0) is 21.4 Å². The Hall–Kier alpha value is -3.02. The molecule has 0 bridgehead atoms. The van der Waals surface area contributed by atoms with Gasteiger partial charge in [0.15, 0.2) is 11.5 Å². The molecule has 0 spiro atoms. The van der Waals surface area contributed by atoms with Gasteiger partial charge in [0.05, 0.1) is 12.3 Å². The number of hydrogen-bond donors (Lipinski definition) is 1. The predicted molar refractivity (Wildman–Crippen MR) is 123 cm³/mol. The van der Waals surface area contributed by atoms with Crippen LogP contribution in [0.1, 0.15) is 37.8 Å². The van der Waals surface area contributed by atoms with Gasteiger partial charge in [0.1, 0.15) is 13.2 Å². The second kappa shape index (κ2) is 9.63. The number of fused-ring (bicyclic) bond motifs is 1. The number of carbonyl (C=O) groups is 2. The Labute approximate surface area is 189 Å². The highest BCUT2D eigenvalue weighted by molar-refractivity contribution is 5.82. The molecule has 6 heteroatoms. The number of hydrogen-bond acceptors (Lipinski definition) is 4. The summed E-state index contributed by atoms with van der Waals surface area (Å²) in [5.41, 5.74) is 1.83. The summed E-state index contributed by atoms with van der Waals surface area (Å²) in [6.45, 7) is 7.05. The molecule has 2 aromatic rings. The molecule has 6 nitrogen and oxygen atoms in total. The molecular weight excluding hydrogens is 404 g/mol. The second-order valence-electron chi connectivity index (χ2n) is 9.30. The molecule has 1 N–H and O–H groups in total. The van der Waals surface area contributed by atoms with E-state index in [2.05, 4.69) is 19.2 Å². The normalized spacial score (nSPS) is 18.2. The standard InChI is InChI=1S/C26H32N2O4/c1-26(2,21-10-11-22-23(16-21)32-14-13-31-22)18-27-25(30)20-9-6-12-28(17-20)24(29)15-19-7-4-3-5-8-19/h3-5,7-8,10-11,16,20H,6,9,12-15,17-18H2,1-2H3,(H,27,30). The van der Waals surface area contributed by atoms with Crippen LogP contribution in [0.15, 0.2) is 48.5 Å². The van der Waals surface area contributed by atoms with E-state index < -0.39 is 0 Å². The van der Waals surface area contributed by atoms with E-state index in [0.717, 1.165) is 42.0 Å². The lowest BCUT2D eigenvalue weighted by atomic mass is 9.84. The first-order chi connectivity index (χ1) is 15.4. The first-order valence-corrected chi connectivity index (χ1v) is 11.4. The highest BCUT2D eigenvalue weighted by Crippen LogP contribution is 2.35. The zero-order valence-corrected chi connectivity index (χ0v) is 18.9. The number of nitrogens with zero attached hydrogens (tertiary/aromatic N) is 1. The van der Waals surface area contributed by atoms with E-state index >= 15 is 0 Å². The molecular formula is C26H32N2O4. The van der Waals surface area contributed by atoms with Crippen LogP contribution < -0.4 is 14.8 Å². The van der Waals surface area contributed by atoms with Crippen molar-refractivity contribution in [1.29, 1.82) is 0 Å². The molecule has 0 aliphatic carbocycles. The average molecular weight is 437 g/mol. The van der Waals surface area contributed by atoms with Crippen LogP contribution in [-0.4, -0.2) is 49.6 Å². The first kappa shape index (κ1) is 22.2. The number of piperidine rings is 1. The minimum atomic E-state index is -0.261. The summed E-state index contributed by atoms with van der Waals surface area (Å²) >= 11 is 0. The first-order valence-electron chi connectivity index (χ1n) is 11.4. The zero-order chi connectivity index (χ0) is 22.6. The molecule has 0 aromatic heterocycles. The van der Waals surface area contributed by atoms with Crippen molar-refractivity contribution in [2.45, 2.75) is 38.5 Å². The lowest BCUT2D eigenvalue weighted by Crippen LogP contribution is -2.47. The fraction of sp³-hybridized carbons (Fsp3) is 0.462. The van der Waals surface area contributed by atoms with Crippen LogP contribution in [0.25, 0.3) is 0 Å². The largest absolute Gasteiger partial charge is 0.486 e. The van der Waals surface area contributed by atoms with E-state index in [4.69, 9.17) is 9.47 Å². The average Bonchev–Trinajstić information content (AvgIpc) is 2.83. The van der Waals surface area contributed by atoms with Crippen LogP contribution in [0.5, 0.6) is 11.5 Å². The van der Waals surface area contributed by atoms with Gasteiger partial charge < -0.3 is 19.7 Å². The summed E-state index contributed by atoms with van der Waals surface area (Å²) in [6.07, 6.45) is 2.04. The van der Waals surface area contributed by atoms with Crippen molar-refractivity contribution in [3.05, 3.63) is 59.7 Å². The Balaban J connectivity index is 1.32. The summed E-state index contributed by atoms with van der Waals surface area (Å²) in [7, 11) is 0. The van der Waals surface area contributed by atoms with Crippen molar-refractivity contribution in [2.24, 2.45) is 5.92 Å². The molecule has 1 atom stereocenters. The SMILES string of the molecule is CC(C)(CNC(=O)C1CCCN(C(=O)Cc2ccccc2)C1)c1ccc2c(c1)OCCO2. The summed E-state index contributed by atoms with van der Waals surface area (Å²) in [5.74, 6) is 1.47. The zero-order valence-electron chi connectivity index (χ0n) is 18.9. The van der Waals surface area contributed by atoms with Crippen LogP contribution >= 0.6 is 0 Å². The van der Waals surface area contributed by atoms with E-state index in [1.54, 1.807) is 0 Å². The van der Waals surface area contributed by atoms with Crippen molar-refractivity contribution in [1.82, 2.24) is 10.2 Å². The van der Waals surface area contributed by atoms with Crippen molar-refractivity contribution < 1.29 is 19.1 Å². The van der Waals surface area contributed by atoms with E-state index in [9.17, 15) is 9.59 Å². The highest BCUT2D eigenvalue weighted by Gasteiger charge is 2.30. The van der Waals surface area contributed by atoms with E-state index in [-0.39, 0.29) is 23.1 Å². The molecule has 2 amide bonds. The minimum Gasteiger partial charge on any atom is -0.486 e. The summed E-state index contributed by atoms with van der Waals surface area (Å²) in [4.78, 5) is 27.5. The third-order valence-corrected chi connectivity index (χ3v) is 6.37. The third-order valence-electron chi connectivity index (χ3n) is 6.37. The van der Waals surface area contributed by atoms with Gasteiger partial charge in [0.25, 0.3) is 0 Å². The second-order valence-corrected chi connectivity index (χ2v) is 9.30. The van der Waals surface area contributed by atoms with Crippen molar-refractivity contribution in [3.63, 3.8) is 0 Å². The van der Waals surface area contributed by atoms with Crippen molar-refractivity contribution >= 4 is 11.8 Å². The Morgan fingerprint density at radius 2 is 1.81 bits per heavy atom. The molecule has 1 fully saturated rings. The number of nitrogens with one attached hydrogen (secondary N) is 1. The maximum Gasteiger partial charge on any atom is 0.227 e. The third kappa shape index (κ3) is 5.23. The lowest BCUT2D eigenvalue weighted by molar-refractivity contribution is -0.135. The van der Waals surface area contributed by atoms with Crippen LogP contribution in [0.3, 0.4) is 0 Å². The summed E-state index contributed by atoms with van der Waals surface area (Å²) in [5, 5.41) is 3.13. The molecule has 0 radical (unpaired) electrons. The number of benzene rings is 2. The summed E-state index contributed by atoms with van der Waals surface area (Å²) in [6, 6.07) is 15.7. The van der Waals surface area contributed by atoms with E-state index in [1.165, 1.54) is 0 Å². The number of rotatable bonds is 6. The highest BCUT2D eigenvalue weighted by atomic mass is 16.6.